The Morgan fingerprint density at radius 1 is 1.24 bits per heavy atom. The van der Waals surface area contributed by atoms with Crippen molar-refractivity contribution in [1.29, 1.82) is 0 Å². The van der Waals surface area contributed by atoms with Crippen molar-refractivity contribution < 1.29 is 4.79 Å². The Balaban J connectivity index is 2.27. The van der Waals surface area contributed by atoms with Crippen molar-refractivity contribution in [2.75, 3.05) is 11.1 Å². The van der Waals surface area contributed by atoms with E-state index in [9.17, 15) is 9.59 Å². The van der Waals surface area contributed by atoms with Crippen molar-refractivity contribution in [3.63, 3.8) is 0 Å². The number of aromatic nitrogens is 1. The number of nitrogen functional groups attached to an aromatic ring is 1. The maximum atomic E-state index is 12.5. The van der Waals surface area contributed by atoms with E-state index in [1.807, 2.05) is 6.92 Å². The molecular weight excluding hydrogens is 266 g/mol. The summed E-state index contributed by atoms with van der Waals surface area (Å²) in [5, 5.41) is 2.80. The molecule has 1 aromatic carbocycles. The highest BCUT2D eigenvalue weighted by atomic mass is 16.2. The first kappa shape index (κ1) is 14.8. The van der Waals surface area contributed by atoms with Gasteiger partial charge in [-0.1, -0.05) is 31.5 Å². The van der Waals surface area contributed by atoms with E-state index in [0.717, 1.165) is 6.42 Å². The summed E-state index contributed by atoms with van der Waals surface area (Å²) in [4.78, 5) is 24.4. The highest BCUT2D eigenvalue weighted by Crippen LogP contribution is 2.20. The van der Waals surface area contributed by atoms with Crippen LogP contribution >= 0.6 is 0 Å². The summed E-state index contributed by atoms with van der Waals surface area (Å²) in [7, 11) is 0. The van der Waals surface area contributed by atoms with Crippen LogP contribution in [0.5, 0.6) is 0 Å². The van der Waals surface area contributed by atoms with Gasteiger partial charge in [0.15, 0.2) is 0 Å². The summed E-state index contributed by atoms with van der Waals surface area (Å²) < 4.78 is 1.46. The minimum Gasteiger partial charge on any atom is -0.397 e. The maximum Gasteiger partial charge on any atom is 0.251 e. The van der Waals surface area contributed by atoms with Gasteiger partial charge in [0.25, 0.3) is 5.56 Å². The van der Waals surface area contributed by atoms with Crippen LogP contribution < -0.4 is 16.6 Å². The minimum atomic E-state index is -0.539. The molecule has 1 amide bonds. The molecule has 0 saturated heterocycles. The molecule has 21 heavy (non-hydrogen) atoms. The number of para-hydroxylation sites is 2. The molecule has 0 fully saturated rings. The van der Waals surface area contributed by atoms with Crippen molar-refractivity contribution in [1.82, 2.24) is 4.57 Å². The van der Waals surface area contributed by atoms with Crippen LogP contribution in [0.15, 0.2) is 53.5 Å². The van der Waals surface area contributed by atoms with Crippen molar-refractivity contribution in [2.45, 2.75) is 25.8 Å². The van der Waals surface area contributed by atoms with Crippen molar-refractivity contribution in [3.05, 3.63) is 59.0 Å². The van der Waals surface area contributed by atoms with E-state index in [2.05, 4.69) is 5.32 Å². The van der Waals surface area contributed by atoms with E-state index in [4.69, 9.17) is 5.73 Å². The average molecular weight is 285 g/mol. The van der Waals surface area contributed by atoms with Gasteiger partial charge < -0.3 is 15.6 Å². The molecule has 1 heterocycles. The third kappa shape index (κ3) is 3.51. The van der Waals surface area contributed by atoms with Gasteiger partial charge in [0, 0.05) is 12.3 Å². The number of hydrogen-bond acceptors (Lipinski definition) is 3. The zero-order valence-electron chi connectivity index (χ0n) is 12.0. The van der Waals surface area contributed by atoms with Crippen molar-refractivity contribution in [2.24, 2.45) is 0 Å². The Kier molecular flexibility index (Phi) is 4.77. The van der Waals surface area contributed by atoms with Gasteiger partial charge in [-0.3, -0.25) is 9.59 Å². The number of anilines is 2. The smallest absolute Gasteiger partial charge is 0.251 e. The number of carbonyl (C=O) groups excluding carboxylic acids is 1. The van der Waals surface area contributed by atoms with Crippen LogP contribution in [0.2, 0.25) is 0 Å². The van der Waals surface area contributed by atoms with Crippen LogP contribution in [0, 0.1) is 0 Å². The molecule has 0 radical (unpaired) electrons. The van der Waals surface area contributed by atoms with E-state index in [1.165, 1.54) is 10.6 Å². The van der Waals surface area contributed by atoms with Gasteiger partial charge in [0.05, 0.1) is 11.4 Å². The van der Waals surface area contributed by atoms with E-state index in [1.54, 1.807) is 42.6 Å². The number of benzene rings is 1. The lowest BCUT2D eigenvalue weighted by molar-refractivity contribution is -0.119. The standard InChI is InChI=1S/C16H19N3O2/c1-2-7-14(19-11-6-5-10-15(19)20)16(21)18-13-9-4-3-8-12(13)17/h3-6,8-11,14H,2,7,17H2,1H3,(H,18,21). The number of nitrogens with one attached hydrogen (secondary N) is 1. The zero-order chi connectivity index (χ0) is 15.2. The molecular formula is C16H19N3O2. The predicted molar refractivity (Wildman–Crippen MR) is 84.1 cm³/mol. The third-order valence-electron chi connectivity index (χ3n) is 3.27. The number of rotatable bonds is 5. The summed E-state index contributed by atoms with van der Waals surface area (Å²) in [6, 6.07) is 11.4. The monoisotopic (exact) mass is 285 g/mol. The van der Waals surface area contributed by atoms with Gasteiger partial charge >= 0.3 is 0 Å². The Hall–Kier alpha value is -2.56. The van der Waals surface area contributed by atoms with Crippen LogP contribution in [0.3, 0.4) is 0 Å². The number of nitrogens with zero attached hydrogens (tertiary/aromatic N) is 1. The summed E-state index contributed by atoms with van der Waals surface area (Å²) in [5.74, 6) is -0.233. The first-order valence-corrected chi connectivity index (χ1v) is 6.96. The molecule has 110 valence electrons. The number of nitrogens with two attached hydrogens (primary N) is 1. The predicted octanol–water partition coefficient (Wildman–Crippen LogP) is 2.41. The number of pyridine rings is 1. The number of hydrogen-bond donors (Lipinski definition) is 2. The normalized spacial score (nSPS) is 11.9. The fraction of sp³-hybridized carbons (Fsp3) is 0.250. The van der Waals surface area contributed by atoms with Gasteiger partial charge in [-0.2, -0.15) is 0 Å². The van der Waals surface area contributed by atoms with Crippen LogP contribution in [-0.4, -0.2) is 10.5 Å². The van der Waals surface area contributed by atoms with Gasteiger partial charge in [-0.05, 0) is 24.6 Å². The molecule has 1 atom stereocenters. The third-order valence-corrected chi connectivity index (χ3v) is 3.27. The van der Waals surface area contributed by atoms with Crippen LogP contribution in [0.4, 0.5) is 11.4 Å². The maximum absolute atomic E-state index is 12.5. The van der Waals surface area contributed by atoms with E-state index < -0.39 is 6.04 Å². The highest BCUT2D eigenvalue weighted by molar-refractivity contribution is 5.96. The second-order valence-electron chi connectivity index (χ2n) is 4.83. The molecule has 0 saturated carbocycles. The number of amides is 1. The molecule has 3 N–H and O–H groups in total. The van der Waals surface area contributed by atoms with Crippen LogP contribution in [0.25, 0.3) is 0 Å². The largest absolute Gasteiger partial charge is 0.397 e. The van der Waals surface area contributed by atoms with E-state index in [-0.39, 0.29) is 11.5 Å². The summed E-state index contributed by atoms with van der Waals surface area (Å²) in [6.45, 7) is 1.98. The van der Waals surface area contributed by atoms with Gasteiger partial charge in [0.1, 0.15) is 6.04 Å². The molecule has 2 aromatic rings. The van der Waals surface area contributed by atoms with Crippen LogP contribution in [0.1, 0.15) is 25.8 Å². The molecule has 0 bridgehead atoms. The van der Waals surface area contributed by atoms with E-state index in [0.29, 0.717) is 17.8 Å². The first-order valence-electron chi connectivity index (χ1n) is 6.96. The molecule has 0 spiro atoms. The average Bonchev–Trinajstić information content (AvgIpc) is 2.48. The lowest BCUT2D eigenvalue weighted by atomic mass is 10.1. The van der Waals surface area contributed by atoms with Gasteiger partial charge in [-0.25, -0.2) is 0 Å². The van der Waals surface area contributed by atoms with Crippen molar-refractivity contribution >= 4 is 17.3 Å². The fourth-order valence-electron chi connectivity index (χ4n) is 2.19. The lowest BCUT2D eigenvalue weighted by Gasteiger charge is -2.19. The van der Waals surface area contributed by atoms with Crippen LogP contribution in [-0.2, 0) is 4.79 Å². The van der Waals surface area contributed by atoms with Gasteiger partial charge in [0.2, 0.25) is 5.91 Å². The second-order valence-corrected chi connectivity index (χ2v) is 4.83. The molecule has 1 aromatic heterocycles. The molecule has 5 heteroatoms. The molecule has 5 nitrogen and oxygen atoms in total. The Bertz CT molecular complexity index is 679. The van der Waals surface area contributed by atoms with Crippen molar-refractivity contribution in [3.8, 4) is 0 Å². The van der Waals surface area contributed by atoms with Gasteiger partial charge in [-0.15, -0.1) is 0 Å². The molecule has 0 aliphatic carbocycles. The summed E-state index contributed by atoms with van der Waals surface area (Å²) >= 11 is 0. The molecule has 1 unspecified atom stereocenters. The number of carbonyl (C=O) groups is 1. The Labute approximate surface area is 123 Å². The second kappa shape index (κ2) is 6.74. The zero-order valence-corrected chi connectivity index (χ0v) is 12.0. The first-order chi connectivity index (χ1) is 10.1. The lowest BCUT2D eigenvalue weighted by Crippen LogP contribution is -2.32. The Morgan fingerprint density at radius 2 is 1.95 bits per heavy atom. The molecule has 0 aliphatic heterocycles. The molecule has 0 aliphatic rings. The highest BCUT2D eigenvalue weighted by Gasteiger charge is 2.20. The SMILES string of the molecule is CCCC(C(=O)Nc1ccccc1N)n1ccccc1=O. The summed E-state index contributed by atoms with van der Waals surface area (Å²) in [5.41, 5.74) is 6.70. The Morgan fingerprint density at radius 3 is 2.62 bits per heavy atom. The fourth-order valence-corrected chi connectivity index (χ4v) is 2.19. The van der Waals surface area contributed by atoms with E-state index >= 15 is 0 Å². The minimum absolute atomic E-state index is 0.188. The topological polar surface area (TPSA) is 77.1 Å². The summed E-state index contributed by atoms with van der Waals surface area (Å²) in [6.07, 6.45) is 3.02. The quantitative estimate of drug-likeness (QED) is 0.828. The molecule has 2 rings (SSSR count).